The first-order valence-electron chi connectivity index (χ1n) is 7.64. The van der Waals surface area contributed by atoms with E-state index in [4.69, 9.17) is 14.7 Å². The lowest BCUT2D eigenvalue weighted by molar-refractivity contribution is 0.106. The lowest BCUT2D eigenvalue weighted by atomic mass is 9.93. The van der Waals surface area contributed by atoms with Gasteiger partial charge in [0, 0.05) is 30.2 Å². The lowest BCUT2D eigenvalue weighted by Gasteiger charge is -2.22. The van der Waals surface area contributed by atoms with Crippen LogP contribution in [-0.2, 0) is 4.84 Å². The quantitative estimate of drug-likeness (QED) is 0.882. The fourth-order valence-corrected chi connectivity index (χ4v) is 2.67. The Morgan fingerprint density at radius 1 is 1.50 bits per heavy atom. The maximum Gasteiger partial charge on any atom is 0.162 e. The monoisotopic (exact) mass is 286 g/mol. The van der Waals surface area contributed by atoms with Gasteiger partial charge in [-0.1, -0.05) is 5.16 Å². The van der Waals surface area contributed by atoms with E-state index in [0.29, 0.717) is 25.5 Å². The van der Waals surface area contributed by atoms with Crippen LogP contribution in [0.4, 0.5) is 8.78 Å². The van der Waals surface area contributed by atoms with Gasteiger partial charge in [-0.15, -0.1) is 0 Å². The second-order valence-corrected chi connectivity index (χ2v) is 4.76. The molecule has 5 nitrogen and oxygen atoms in total. The Kier molecular flexibility index (Phi) is 2.43. The van der Waals surface area contributed by atoms with Crippen LogP contribution in [0.25, 0.3) is 0 Å². The van der Waals surface area contributed by atoms with Gasteiger partial charge >= 0.3 is 0 Å². The van der Waals surface area contributed by atoms with E-state index >= 15 is 0 Å². The third-order valence-corrected chi connectivity index (χ3v) is 3.62. The van der Waals surface area contributed by atoms with E-state index in [-0.39, 0.29) is 5.56 Å². The highest BCUT2D eigenvalue weighted by Gasteiger charge is 2.41. The number of benzene rings is 1. The molecule has 1 fully saturated rings. The summed E-state index contributed by atoms with van der Waals surface area (Å²) in [6.45, 7) is 1.25. The number of methoxy groups -OCH3 is 1. The molecule has 2 atom stereocenters. The maximum atomic E-state index is 14.3. The third kappa shape index (κ3) is 1.98. The van der Waals surface area contributed by atoms with Gasteiger partial charge in [0.1, 0.15) is 24.0 Å². The molecule has 0 aromatic heterocycles. The Morgan fingerprint density at radius 3 is 2.90 bits per heavy atom. The van der Waals surface area contributed by atoms with Crippen LogP contribution in [0.2, 0.25) is 0 Å². The zero-order valence-corrected chi connectivity index (χ0v) is 10.5. The number of fused-ring (bicyclic) bond motifs is 1. The van der Waals surface area contributed by atoms with Crippen molar-refractivity contribution in [2.75, 3.05) is 26.7 Å². The number of rotatable bonds is 2. The second-order valence-electron chi connectivity index (χ2n) is 4.76. The Balaban J connectivity index is 1.92. The molecule has 0 unspecified atom stereocenters. The summed E-state index contributed by atoms with van der Waals surface area (Å²) in [6, 6.07) is 1.01. The number of hydrogen-bond acceptors (Lipinski definition) is 5. The molecule has 2 aliphatic rings. The van der Waals surface area contributed by atoms with Gasteiger partial charge in [-0.05, 0) is 0 Å². The number of nitrogens with two attached hydrogens (primary N) is 1. The minimum absolute atomic E-state index is 0.201. The molecule has 7 heteroatoms. The molecule has 0 saturated carbocycles. The summed E-state index contributed by atoms with van der Waals surface area (Å²) in [6.07, 6.45) is 0. The van der Waals surface area contributed by atoms with Crippen molar-refractivity contribution in [3.63, 3.8) is 0 Å². The van der Waals surface area contributed by atoms with Crippen LogP contribution in [0.3, 0.4) is 0 Å². The molecule has 0 spiro atoms. The number of amidine groups is 1. The maximum absolute atomic E-state index is 14.3. The van der Waals surface area contributed by atoms with Crippen LogP contribution in [-0.4, -0.2) is 43.5 Å². The molecule has 0 amide bonds. The lowest BCUT2D eigenvalue weighted by Crippen LogP contribution is -2.39. The average molecular weight is 286 g/mol. The fourth-order valence-electron chi connectivity index (χ4n) is 2.67. The Labute approximate surface area is 119 Å². The van der Waals surface area contributed by atoms with Crippen LogP contribution < -0.4 is 10.5 Å². The van der Waals surface area contributed by atoms with Gasteiger partial charge in [0.25, 0.3) is 0 Å². The first-order chi connectivity index (χ1) is 10.8. The predicted molar refractivity (Wildman–Crippen MR) is 68.6 cm³/mol. The average Bonchev–Trinajstić information content (AvgIpc) is 2.74. The highest BCUT2D eigenvalue weighted by atomic mass is 19.1. The van der Waals surface area contributed by atoms with Gasteiger partial charge < -0.3 is 20.2 Å². The van der Waals surface area contributed by atoms with Crippen molar-refractivity contribution in [2.24, 2.45) is 10.9 Å². The number of hydrogen-bond donors (Lipinski definition) is 1. The highest BCUT2D eigenvalue weighted by Crippen LogP contribution is 2.34. The number of nitrogens with zero attached hydrogens (tertiary/aromatic N) is 2. The van der Waals surface area contributed by atoms with Gasteiger partial charge in [-0.2, -0.15) is 0 Å². The standard InChI is InChI=1S/C13H15F2N3O2/c1-19-7-4-9(14)11(10(15)5-7)8-6-18-2-3-20-17-13(18)12(8)16/h4-5,8,12H,2-3,6,16H2,1H3/t8-,12-/m0/s1/i1D3. The SMILES string of the molecule is [2H]C([2H])([2H])Oc1cc(F)c([C@@H]2CN3CCON=C3[C@H]2N)c(F)c1. The fraction of sp³-hybridized carbons (Fsp3) is 0.462. The molecule has 0 bridgehead atoms. The first kappa shape index (κ1) is 9.93. The topological polar surface area (TPSA) is 60.1 Å². The molecule has 1 aromatic carbocycles. The molecule has 20 heavy (non-hydrogen) atoms. The van der Waals surface area contributed by atoms with Crippen LogP contribution in [0, 0.1) is 11.6 Å². The minimum Gasteiger partial charge on any atom is -0.497 e. The number of ether oxygens (including phenoxy) is 1. The van der Waals surface area contributed by atoms with Crippen LogP contribution in [0.15, 0.2) is 17.3 Å². The molecule has 108 valence electrons. The summed E-state index contributed by atoms with van der Waals surface area (Å²) in [4.78, 5) is 6.79. The van der Waals surface area contributed by atoms with E-state index in [1.54, 1.807) is 0 Å². The van der Waals surface area contributed by atoms with Crippen molar-refractivity contribution >= 4 is 5.84 Å². The van der Waals surface area contributed by atoms with Gasteiger partial charge in [-0.25, -0.2) is 8.78 Å². The molecule has 0 radical (unpaired) electrons. The van der Waals surface area contributed by atoms with Crippen molar-refractivity contribution in [1.29, 1.82) is 0 Å². The first-order valence-corrected chi connectivity index (χ1v) is 6.14. The predicted octanol–water partition coefficient (Wildman–Crippen LogP) is 1.04. The summed E-state index contributed by atoms with van der Waals surface area (Å²) in [5.41, 5.74) is 5.83. The molecular weight excluding hydrogens is 268 g/mol. The van der Waals surface area contributed by atoms with Crippen LogP contribution >= 0.6 is 0 Å². The van der Waals surface area contributed by atoms with Gasteiger partial charge in [0.15, 0.2) is 5.84 Å². The van der Waals surface area contributed by atoms with E-state index in [1.807, 2.05) is 4.90 Å². The van der Waals surface area contributed by atoms with E-state index in [9.17, 15) is 8.78 Å². The van der Waals surface area contributed by atoms with Crippen LogP contribution in [0.5, 0.6) is 5.75 Å². The molecule has 3 rings (SSSR count). The molecule has 1 aromatic rings. The van der Waals surface area contributed by atoms with Crippen LogP contribution in [0.1, 0.15) is 15.6 Å². The second kappa shape index (κ2) is 4.90. The Morgan fingerprint density at radius 2 is 2.25 bits per heavy atom. The summed E-state index contributed by atoms with van der Waals surface area (Å²) < 4.78 is 54.2. The minimum atomic E-state index is -2.78. The summed E-state index contributed by atoms with van der Waals surface area (Å²) in [5, 5.41) is 3.85. The normalized spacial score (nSPS) is 27.9. The van der Waals surface area contributed by atoms with E-state index in [0.717, 1.165) is 12.1 Å². The van der Waals surface area contributed by atoms with Crippen molar-refractivity contribution in [2.45, 2.75) is 12.0 Å². The van der Waals surface area contributed by atoms with Crippen molar-refractivity contribution in [1.82, 2.24) is 4.90 Å². The molecule has 2 N–H and O–H groups in total. The summed E-state index contributed by atoms with van der Waals surface area (Å²) in [7, 11) is -2.78. The van der Waals surface area contributed by atoms with E-state index in [1.165, 1.54) is 0 Å². The number of oxime groups is 1. The zero-order valence-electron chi connectivity index (χ0n) is 13.5. The summed E-state index contributed by atoms with van der Waals surface area (Å²) >= 11 is 0. The van der Waals surface area contributed by atoms with Gasteiger partial charge in [0.2, 0.25) is 0 Å². The largest absolute Gasteiger partial charge is 0.497 e. The van der Waals surface area contributed by atoms with Crippen molar-refractivity contribution in [3.05, 3.63) is 29.3 Å². The molecule has 2 aliphatic heterocycles. The molecular formula is C13H15F2N3O2. The van der Waals surface area contributed by atoms with E-state index in [2.05, 4.69) is 9.89 Å². The third-order valence-electron chi connectivity index (χ3n) is 3.62. The molecule has 2 heterocycles. The van der Waals surface area contributed by atoms with Crippen molar-refractivity contribution in [3.8, 4) is 5.75 Å². The number of halogens is 2. The van der Waals surface area contributed by atoms with Crippen molar-refractivity contribution < 1.29 is 22.5 Å². The van der Waals surface area contributed by atoms with Gasteiger partial charge in [-0.3, -0.25) is 0 Å². The summed E-state index contributed by atoms with van der Waals surface area (Å²) in [5.74, 6) is -2.37. The molecule has 1 saturated heterocycles. The molecule has 0 aliphatic carbocycles. The van der Waals surface area contributed by atoms with Gasteiger partial charge in [0.05, 0.1) is 23.7 Å². The Bertz CT molecular complexity index is 631. The smallest absolute Gasteiger partial charge is 0.162 e. The zero-order chi connectivity index (χ0) is 16.8. The van der Waals surface area contributed by atoms with E-state index < -0.39 is 36.4 Å². The Hall–Kier alpha value is -1.89. The highest BCUT2D eigenvalue weighted by molar-refractivity contribution is 5.90.